The number of fused-ring (bicyclic) bond motifs is 2. The molecular weight excluding hydrogens is 370 g/mol. The summed E-state index contributed by atoms with van der Waals surface area (Å²) in [5.41, 5.74) is 1.51. The summed E-state index contributed by atoms with van der Waals surface area (Å²) in [6, 6.07) is 1.77. The van der Waals surface area contributed by atoms with Gasteiger partial charge in [-0.3, -0.25) is 4.79 Å². The molecule has 0 saturated heterocycles. The summed E-state index contributed by atoms with van der Waals surface area (Å²) < 4.78 is 23.8. The van der Waals surface area contributed by atoms with E-state index >= 15 is 0 Å². The van der Waals surface area contributed by atoms with Crippen LogP contribution < -0.4 is 4.74 Å². The van der Waals surface area contributed by atoms with Crippen LogP contribution in [-0.2, 0) is 15.1 Å². The Kier molecular flexibility index (Phi) is 4.39. The van der Waals surface area contributed by atoms with Gasteiger partial charge in [-0.1, -0.05) is 18.6 Å². The van der Waals surface area contributed by atoms with E-state index in [4.69, 9.17) is 23.6 Å². The Hall–Kier alpha value is -2.60. The number of hydrogen-bond donors (Lipinski definition) is 0. The molecule has 2 aliphatic rings. The minimum Gasteiger partial charge on any atom is -0.495 e. The SMILES string of the molecule is COc1c2c(nc3occc13)[C@](CC=C(C)C)(OC)C1=C(C2=O)[C@H](C)C(C)(C)O1. The number of carbonyl (C=O) groups is 1. The van der Waals surface area contributed by atoms with Crippen molar-refractivity contribution in [2.24, 2.45) is 5.92 Å². The van der Waals surface area contributed by atoms with Gasteiger partial charge in [0.25, 0.3) is 0 Å². The van der Waals surface area contributed by atoms with E-state index in [1.807, 2.05) is 34.6 Å². The molecule has 0 radical (unpaired) electrons. The number of carbonyl (C=O) groups excluding carboxylic acids is 1. The standard InChI is InChI=1S/C23H27NO5/c1-12(2)8-10-23(27-7)19-16(18(26-6)14-9-11-28-21(14)24-19)17(25)15-13(3)22(4,5)29-20(15)23/h8-9,11,13H,10H2,1-7H3/t13-,23-/m0/s1. The highest BCUT2D eigenvalue weighted by Crippen LogP contribution is 2.55. The molecular formula is C23H27NO5. The molecule has 6 nitrogen and oxygen atoms in total. The lowest BCUT2D eigenvalue weighted by Gasteiger charge is -2.37. The maximum atomic E-state index is 13.7. The Balaban J connectivity index is 2.11. The molecule has 0 saturated carbocycles. The molecule has 2 aromatic rings. The molecule has 0 unspecified atom stereocenters. The number of furan rings is 1. The number of pyridine rings is 1. The maximum absolute atomic E-state index is 13.7. The molecule has 2 atom stereocenters. The molecule has 3 heterocycles. The van der Waals surface area contributed by atoms with Crippen molar-refractivity contribution in [3.8, 4) is 5.75 Å². The van der Waals surface area contributed by atoms with Gasteiger partial charge in [-0.15, -0.1) is 0 Å². The predicted molar refractivity (Wildman–Crippen MR) is 109 cm³/mol. The molecule has 29 heavy (non-hydrogen) atoms. The molecule has 1 aliphatic heterocycles. The molecule has 2 aromatic heterocycles. The van der Waals surface area contributed by atoms with Gasteiger partial charge in [-0.2, -0.15) is 0 Å². The van der Waals surface area contributed by atoms with E-state index in [1.165, 1.54) is 0 Å². The van der Waals surface area contributed by atoms with Crippen LogP contribution in [0.25, 0.3) is 11.1 Å². The van der Waals surface area contributed by atoms with Gasteiger partial charge in [0, 0.05) is 25.0 Å². The summed E-state index contributed by atoms with van der Waals surface area (Å²) in [5, 5.41) is 0.668. The highest BCUT2D eigenvalue weighted by molar-refractivity contribution is 6.16. The van der Waals surface area contributed by atoms with Crippen molar-refractivity contribution >= 4 is 16.9 Å². The molecule has 0 amide bonds. The number of rotatable bonds is 4. The second kappa shape index (κ2) is 6.46. The Morgan fingerprint density at radius 2 is 2.03 bits per heavy atom. The second-order valence-corrected chi connectivity index (χ2v) is 8.52. The minimum atomic E-state index is -1.04. The van der Waals surface area contributed by atoms with Crippen LogP contribution in [0.4, 0.5) is 0 Å². The van der Waals surface area contributed by atoms with E-state index < -0.39 is 11.2 Å². The second-order valence-electron chi connectivity index (χ2n) is 8.52. The van der Waals surface area contributed by atoms with Crippen molar-refractivity contribution in [1.29, 1.82) is 0 Å². The van der Waals surface area contributed by atoms with Gasteiger partial charge in [-0.25, -0.2) is 4.98 Å². The Labute approximate surface area is 170 Å². The number of ketones is 1. The summed E-state index contributed by atoms with van der Waals surface area (Å²) in [4.78, 5) is 18.5. The third kappa shape index (κ3) is 2.58. The van der Waals surface area contributed by atoms with Crippen LogP contribution in [0.5, 0.6) is 5.75 Å². The fraction of sp³-hybridized carbons (Fsp3) is 0.478. The molecule has 4 rings (SSSR count). The van der Waals surface area contributed by atoms with Crippen LogP contribution in [0.15, 0.2) is 39.7 Å². The molecule has 6 heteroatoms. The first-order valence-electron chi connectivity index (χ1n) is 9.80. The van der Waals surface area contributed by atoms with E-state index in [1.54, 1.807) is 26.5 Å². The Morgan fingerprint density at radius 1 is 1.31 bits per heavy atom. The average Bonchev–Trinajstić information content (AvgIpc) is 3.23. The first-order chi connectivity index (χ1) is 13.7. The normalized spacial score (nSPS) is 24.9. The van der Waals surface area contributed by atoms with Crippen LogP contribution in [0.3, 0.4) is 0 Å². The van der Waals surface area contributed by atoms with Gasteiger partial charge >= 0.3 is 0 Å². The van der Waals surface area contributed by atoms with E-state index in [0.717, 1.165) is 5.57 Å². The summed E-state index contributed by atoms with van der Waals surface area (Å²) >= 11 is 0. The van der Waals surface area contributed by atoms with Crippen LogP contribution >= 0.6 is 0 Å². The zero-order valence-electron chi connectivity index (χ0n) is 18.0. The van der Waals surface area contributed by atoms with Crippen molar-refractivity contribution in [1.82, 2.24) is 4.98 Å². The Morgan fingerprint density at radius 3 is 2.66 bits per heavy atom. The lowest BCUT2D eigenvalue weighted by Crippen LogP contribution is -2.39. The summed E-state index contributed by atoms with van der Waals surface area (Å²) in [7, 11) is 3.19. The number of aromatic nitrogens is 1. The maximum Gasteiger partial charge on any atom is 0.229 e. The van der Waals surface area contributed by atoms with Gasteiger partial charge in [0.05, 0.1) is 30.0 Å². The summed E-state index contributed by atoms with van der Waals surface area (Å²) in [5.74, 6) is 0.785. The smallest absolute Gasteiger partial charge is 0.229 e. The average molecular weight is 397 g/mol. The molecule has 0 spiro atoms. The largest absolute Gasteiger partial charge is 0.495 e. The number of nitrogens with zero attached hydrogens (tertiary/aromatic N) is 1. The van der Waals surface area contributed by atoms with Crippen LogP contribution in [0, 0.1) is 5.92 Å². The summed E-state index contributed by atoms with van der Waals surface area (Å²) in [6.07, 6.45) is 4.10. The first-order valence-corrected chi connectivity index (χ1v) is 9.80. The van der Waals surface area contributed by atoms with Gasteiger partial charge in [0.1, 0.15) is 17.1 Å². The summed E-state index contributed by atoms with van der Waals surface area (Å²) in [6.45, 7) is 10.1. The van der Waals surface area contributed by atoms with E-state index in [2.05, 4.69) is 6.08 Å². The molecule has 154 valence electrons. The molecule has 0 aromatic carbocycles. The van der Waals surface area contributed by atoms with E-state index in [-0.39, 0.29) is 11.7 Å². The van der Waals surface area contributed by atoms with Gasteiger partial charge in [0.15, 0.2) is 11.4 Å². The molecule has 0 fully saturated rings. The van der Waals surface area contributed by atoms with E-state index in [0.29, 0.717) is 45.9 Å². The van der Waals surface area contributed by atoms with Gasteiger partial charge < -0.3 is 18.6 Å². The topological polar surface area (TPSA) is 70.8 Å². The lowest BCUT2D eigenvalue weighted by atomic mass is 9.74. The fourth-order valence-corrected chi connectivity index (χ4v) is 4.28. The number of ether oxygens (including phenoxy) is 3. The molecule has 0 bridgehead atoms. The van der Waals surface area contributed by atoms with Crippen molar-refractivity contribution in [2.45, 2.75) is 52.2 Å². The minimum absolute atomic E-state index is 0.107. The van der Waals surface area contributed by atoms with Gasteiger partial charge in [0.2, 0.25) is 5.71 Å². The predicted octanol–water partition coefficient (Wildman–Crippen LogP) is 4.93. The van der Waals surface area contributed by atoms with Crippen molar-refractivity contribution in [2.75, 3.05) is 14.2 Å². The lowest BCUT2D eigenvalue weighted by molar-refractivity contribution is -0.0674. The molecule has 0 N–H and O–H groups in total. The number of methoxy groups -OCH3 is 2. The van der Waals surface area contributed by atoms with Crippen LogP contribution in [0.1, 0.15) is 57.1 Å². The zero-order chi connectivity index (χ0) is 21.1. The quantitative estimate of drug-likeness (QED) is 0.681. The third-order valence-corrected chi connectivity index (χ3v) is 6.22. The van der Waals surface area contributed by atoms with Crippen LogP contribution in [0.2, 0.25) is 0 Å². The Bertz CT molecular complexity index is 1070. The number of Topliss-reactive ketones (excluding diaryl/α,β-unsaturated/α-hetero) is 1. The highest BCUT2D eigenvalue weighted by atomic mass is 16.6. The molecule has 1 aliphatic carbocycles. The first kappa shape index (κ1) is 19.7. The monoisotopic (exact) mass is 397 g/mol. The van der Waals surface area contributed by atoms with E-state index in [9.17, 15) is 4.79 Å². The fourth-order valence-electron chi connectivity index (χ4n) is 4.28. The third-order valence-electron chi connectivity index (χ3n) is 6.22. The van der Waals surface area contributed by atoms with Crippen molar-refractivity contribution in [3.05, 3.63) is 46.6 Å². The highest BCUT2D eigenvalue weighted by Gasteiger charge is 2.57. The zero-order valence-corrected chi connectivity index (χ0v) is 18.0. The van der Waals surface area contributed by atoms with Crippen molar-refractivity contribution < 1.29 is 23.4 Å². The number of hydrogen-bond acceptors (Lipinski definition) is 6. The van der Waals surface area contributed by atoms with Gasteiger partial charge in [-0.05, 0) is 33.8 Å². The number of allylic oxidation sites excluding steroid dienone is 1. The van der Waals surface area contributed by atoms with Crippen molar-refractivity contribution in [3.63, 3.8) is 0 Å². The van der Waals surface area contributed by atoms with Crippen LogP contribution in [-0.4, -0.2) is 30.6 Å².